The topological polar surface area (TPSA) is 49.6 Å². The molecule has 24 heavy (non-hydrogen) atoms. The van der Waals surface area contributed by atoms with Crippen LogP contribution in [0, 0.1) is 0 Å². The number of benzene rings is 2. The molecule has 2 aromatic carbocycles. The number of carbonyl (C=O) groups excluding carboxylic acids is 1. The lowest BCUT2D eigenvalue weighted by molar-refractivity contribution is -0.118. The van der Waals surface area contributed by atoms with Gasteiger partial charge < -0.3 is 15.5 Å². The molecule has 0 aliphatic rings. The number of para-hydroxylation sites is 1. The zero-order chi connectivity index (χ0) is 17.4. The first-order chi connectivity index (χ1) is 11.6. The van der Waals surface area contributed by atoms with Gasteiger partial charge in [-0.3, -0.25) is 4.79 Å². The third-order valence-corrected chi connectivity index (χ3v) is 4.14. The Bertz CT molecular complexity index is 625. The summed E-state index contributed by atoms with van der Waals surface area (Å²) < 4.78 is 0. The zero-order valence-electron chi connectivity index (χ0n) is 14.6. The van der Waals surface area contributed by atoms with Crippen LogP contribution in [0.3, 0.4) is 0 Å². The van der Waals surface area contributed by atoms with E-state index in [1.807, 2.05) is 54.3 Å². The van der Waals surface area contributed by atoms with Crippen molar-refractivity contribution in [1.82, 2.24) is 4.90 Å². The van der Waals surface area contributed by atoms with Gasteiger partial charge in [-0.25, -0.2) is 0 Å². The van der Waals surface area contributed by atoms with Crippen molar-refractivity contribution in [2.24, 2.45) is 0 Å². The minimum atomic E-state index is 0.160. The fourth-order valence-corrected chi connectivity index (χ4v) is 2.58. The van der Waals surface area contributed by atoms with Crippen molar-refractivity contribution in [3.63, 3.8) is 0 Å². The Labute approximate surface area is 144 Å². The summed E-state index contributed by atoms with van der Waals surface area (Å²) in [4.78, 5) is 16.4. The van der Waals surface area contributed by atoms with Gasteiger partial charge >= 0.3 is 0 Å². The Morgan fingerprint density at radius 2 is 1.62 bits per heavy atom. The second-order valence-electron chi connectivity index (χ2n) is 6.03. The van der Waals surface area contributed by atoms with Crippen LogP contribution in [-0.4, -0.2) is 37.5 Å². The van der Waals surface area contributed by atoms with E-state index in [9.17, 15) is 4.79 Å². The van der Waals surface area contributed by atoms with Crippen molar-refractivity contribution in [2.45, 2.75) is 19.8 Å². The van der Waals surface area contributed by atoms with E-state index in [0.717, 1.165) is 30.9 Å². The van der Waals surface area contributed by atoms with Crippen LogP contribution in [0.5, 0.6) is 0 Å². The Morgan fingerprint density at radius 1 is 0.958 bits per heavy atom. The molecule has 4 nitrogen and oxygen atoms in total. The summed E-state index contributed by atoms with van der Waals surface area (Å²) in [6.45, 7) is 4.40. The fraction of sp³-hybridized carbons (Fsp3) is 0.350. The van der Waals surface area contributed by atoms with Gasteiger partial charge in [-0.05, 0) is 43.3 Å². The monoisotopic (exact) mass is 325 g/mol. The molecule has 0 heterocycles. The van der Waals surface area contributed by atoms with Crippen molar-refractivity contribution in [1.29, 1.82) is 0 Å². The summed E-state index contributed by atoms with van der Waals surface area (Å²) in [5.41, 5.74) is 8.75. The van der Waals surface area contributed by atoms with Gasteiger partial charge in [-0.1, -0.05) is 37.3 Å². The summed E-state index contributed by atoms with van der Waals surface area (Å²) in [6, 6.07) is 17.9. The lowest BCUT2D eigenvalue weighted by Crippen LogP contribution is -2.37. The third-order valence-electron chi connectivity index (χ3n) is 4.14. The van der Waals surface area contributed by atoms with Gasteiger partial charge in [0.1, 0.15) is 0 Å². The highest BCUT2D eigenvalue weighted by molar-refractivity contribution is 5.93. The Kier molecular flexibility index (Phi) is 6.82. The van der Waals surface area contributed by atoms with Gasteiger partial charge in [0, 0.05) is 37.4 Å². The molecule has 0 unspecified atom stereocenters. The van der Waals surface area contributed by atoms with Crippen molar-refractivity contribution < 1.29 is 4.79 Å². The van der Waals surface area contributed by atoms with Crippen LogP contribution >= 0.6 is 0 Å². The first-order valence-electron chi connectivity index (χ1n) is 8.48. The Balaban J connectivity index is 1.86. The van der Waals surface area contributed by atoms with Gasteiger partial charge in [0.15, 0.2) is 0 Å². The van der Waals surface area contributed by atoms with E-state index in [0.29, 0.717) is 13.0 Å². The Hall–Kier alpha value is -2.33. The lowest BCUT2D eigenvalue weighted by Gasteiger charge is -2.25. The van der Waals surface area contributed by atoms with Crippen LogP contribution in [0.1, 0.15) is 18.9 Å². The molecule has 0 saturated carbocycles. The summed E-state index contributed by atoms with van der Waals surface area (Å²) in [5, 5.41) is 0. The van der Waals surface area contributed by atoms with E-state index in [1.165, 1.54) is 5.56 Å². The molecule has 0 aliphatic heterocycles. The second kappa shape index (κ2) is 9.08. The number of nitrogens with two attached hydrogens (primary N) is 1. The molecule has 128 valence electrons. The molecule has 0 aromatic heterocycles. The van der Waals surface area contributed by atoms with E-state index >= 15 is 0 Å². The predicted molar refractivity (Wildman–Crippen MR) is 101 cm³/mol. The van der Waals surface area contributed by atoms with Gasteiger partial charge in [0.25, 0.3) is 0 Å². The molecule has 0 radical (unpaired) electrons. The molecular formula is C20H27N3O. The van der Waals surface area contributed by atoms with Gasteiger partial charge in [-0.15, -0.1) is 0 Å². The molecule has 0 aliphatic carbocycles. The molecule has 4 heteroatoms. The van der Waals surface area contributed by atoms with Crippen LogP contribution in [-0.2, 0) is 11.2 Å². The summed E-state index contributed by atoms with van der Waals surface area (Å²) in [6.07, 6.45) is 1.49. The van der Waals surface area contributed by atoms with Crippen LogP contribution < -0.4 is 10.6 Å². The normalized spacial score (nSPS) is 10.8. The molecule has 2 rings (SSSR count). The molecule has 2 N–H and O–H groups in total. The molecule has 0 spiro atoms. The van der Waals surface area contributed by atoms with Crippen molar-refractivity contribution in [3.05, 3.63) is 60.2 Å². The molecular weight excluding hydrogens is 298 g/mol. The number of nitrogens with zero attached hydrogens (tertiary/aromatic N) is 2. The van der Waals surface area contributed by atoms with Crippen LogP contribution in [0.25, 0.3) is 0 Å². The molecule has 0 saturated heterocycles. The second-order valence-corrected chi connectivity index (χ2v) is 6.03. The van der Waals surface area contributed by atoms with Crippen molar-refractivity contribution in [3.8, 4) is 0 Å². The number of hydrogen-bond acceptors (Lipinski definition) is 3. The van der Waals surface area contributed by atoms with Gasteiger partial charge in [-0.2, -0.15) is 0 Å². The van der Waals surface area contributed by atoms with Crippen molar-refractivity contribution >= 4 is 17.3 Å². The number of anilines is 2. The van der Waals surface area contributed by atoms with Crippen LogP contribution in [0.4, 0.5) is 11.4 Å². The third kappa shape index (κ3) is 5.39. The SMILES string of the molecule is CCC(=O)N(CCN(C)CCc1ccc(N)cc1)c1ccccc1. The van der Waals surface area contributed by atoms with Crippen LogP contribution in [0.15, 0.2) is 54.6 Å². The fourth-order valence-electron chi connectivity index (χ4n) is 2.58. The van der Waals surface area contributed by atoms with Crippen molar-refractivity contribution in [2.75, 3.05) is 37.3 Å². The van der Waals surface area contributed by atoms with E-state index in [2.05, 4.69) is 24.1 Å². The quantitative estimate of drug-likeness (QED) is 0.758. The maximum absolute atomic E-state index is 12.2. The average Bonchev–Trinajstić information content (AvgIpc) is 2.62. The number of likely N-dealkylation sites (N-methyl/N-ethyl adjacent to an activating group) is 1. The lowest BCUT2D eigenvalue weighted by atomic mass is 10.1. The zero-order valence-corrected chi connectivity index (χ0v) is 14.6. The predicted octanol–water partition coefficient (Wildman–Crippen LogP) is 3.19. The number of carbonyl (C=O) groups is 1. The largest absolute Gasteiger partial charge is 0.399 e. The highest BCUT2D eigenvalue weighted by atomic mass is 16.2. The molecule has 0 atom stereocenters. The van der Waals surface area contributed by atoms with E-state index < -0.39 is 0 Å². The smallest absolute Gasteiger partial charge is 0.226 e. The van der Waals surface area contributed by atoms with E-state index in [4.69, 9.17) is 5.73 Å². The first kappa shape index (κ1) is 18.0. The summed E-state index contributed by atoms with van der Waals surface area (Å²) in [7, 11) is 2.09. The highest BCUT2D eigenvalue weighted by Crippen LogP contribution is 2.14. The van der Waals surface area contributed by atoms with Crippen LogP contribution in [0.2, 0.25) is 0 Å². The molecule has 0 fully saturated rings. The molecule has 1 amide bonds. The van der Waals surface area contributed by atoms with Gasteiger partial charge in [0.05, 0.1) is 0 Å². The summed E-state index contributed by atoms with van der Waals surface area (Å²) >= 11 is 0. The van der Waals surface area contributed by atoms with E-state index in [1.54, 1.807) is 0 Å². The highest BCUT2D eigenvalue weighted by Gasteiger charge is 2.14. The van der Waals surface area contributed by atoms with Gasteiger partial charge in [0.2, 0.25) is 5.91 Å². The maximum atomic E-state index is 12.2. The minimum absolute atomic E-state index is 0.160. The number of nitrogen functional groups attached to an aromatic ring is 1. The van der Waals surface area contributed by atoms with E-state index in [-0.39, 0.29) is 5.91 Å². The summed E-state index contributed by atoms with van der Waals surface area (Å²) in [5.74, 6) is 0.160. The number of amides is 1. The maximum Gasteiger partial charge on any atom is 0.226 e. The minimum Gasteiger partial charge on any atom is -0.399 e. The standard InChI is InChI=1S/C20H27N3O/c1-3-20(24)23(19-7-5-4-6-8-19)16-15-22(2)14-13-17-9-11-18(21)12-10-17/h4-12H,3,13-16,21H2,1-2H3. The average molecular weight is 325 g/mol. The first-order valence-corrected chi connectivity index (χ1v) is 8.48. The molecule has 0 bridgehead atoms. The number of rotatable bonds is 8. The Morgan fingerprint density at radius 3 is 2.25 bits per heavy atom. The number of hydrogen-bond donors (Lipinski definition) is 1. The molecule has 2 aromatic rings.